The standard InChI is InChI=1S/C27H46N4O4S/c1-6-14-29(22(4)20-23-9-11-24(12-10-23)36(5,34)35)15-7-8-16-30-18-19-31(17-13-25(30)32)27(33)26(28)21(2)3/h9-12,21-22,26H,6-8,13-20,28H2,1-5H3. The summed E-state index contributed by atoms with van der Waals surface area (Å²) in [5.41, 5.74) is 7.17. The molecule has 0 radical (unpaired) electrons. The maximum Gasteiger partial charge on any atom is 0.239 e. The molecule has 8 nitrogen and oxygen atoms in total. The molecule has 1 fully saturated rings. The normalized spacial score (nSPS) is 16.9. The van der Waals surface area contributed by atoms with Crippen molar-refractivity contribution in [1.82, 2.24) is 14.7 Å². The highest BCUT2D eigenvalue weighted by atomic mass is 32.2. The summed E-state index contributed by atoms with van der Waals surface area (Å²) in [4.78, 5) is 31.7. The van der Waals surface area contributed by atoms with E-state index in [0.29, 0.717) is 43.5 Å². The molecular weight excluding hydrogens is 476 g/mol. The van der Waals surface area contributed by atoms with Gasteiger partial charge in [0.25, 0.3) is 0 Å². The van der Waals surface area contributed by atoms with Crippen molar-refractivity contribution in [3.63, 3.8) is 0 Å². The van der Waals surface area contributed by atoms with Gasteiger partial charge in [-0.1, -0.05) is 32.9 Å². The Labute approximate surface area is 218 Å². The van der Waals surface area contributed by atoms with Gasteiger partial charge in [-0.15, -0.1) is 0 Å². The Kier molecular flexibility index (Phi) is 11.8. The van der Waals surface area contributed by atoms with E-state index in [9.17, 15) is 18.0 Å². The van der Waals surface area contributed by atoms with Gasteiger partial charge in [0, 0.05) is 44.9 Å². The third kappa shape index (κ3) is 9.16. The second-order valence-electron chi connectivity index (χ2n) is 10.4. The van der Waals surface area contributed by atoms with Crippen LogP contribution in [0.25, 0.3) is 0 Å². The van der Waals surface area contributed by atoms with Crippen LogP contribution in [0.15, 0.2) is 29.2 Å². The number of unbranched alkanes of at least 4 members (excludes halogenated alkanes) is 1. The topological polar surface area (TPSA) is 104 Å². The van der Waals surface area contributed by atoms with Gasteiger partial charge in [0.1, 0.15) is 0 Å². The minimum absolute atomic E-state index is 0.0604. The Hall–Kier alpha value is -1.97. The van der Waals surface area contributed by atoms with E-state index in [-0.39, 0.29) is 17.7 Å². The molecule has 0 aliphatic carbocycles. The van der Waals surface area contributed by atoms with Crippen LogP contribution in [0, 0.1) is 5.92 Å². The molecule has 1 aromatic carbocycles. The lowest BCUT2D eigenvalue weighted by molar-refractivity contribution is -0.133. The molecule has 1 aliphatic rings. The summed E-state index contributed by atoms with van der Waals surface area (Å²) >= 11 is 0. The molecule has 204 valence electrons. The fourth-order valence-corrected chi connectivity index (χ4v) is 5.25. The van der Waals surface area contributed by atoms with E-state index in [2.05, 4.69) is 18.7 Å². The van der Waals surface area contributed by atoms with Crippen molar-refractivity contribution >= 4 is 21.7 Å². The number of rotatable bonds is 13. The molecule has 0 bridgehead atoms. The number of hydrogen-bond acceptors (Lipinski definition) is 6. The Bertz CT molecular complexity index is 949. The monoisotopic (exact) mass is 522 g/mol. The molecule has 2 rings (SSSR count). The van der Waals surface area contributed by atoms with Gasteiger partial charge < -0.3 is 20.4 Å². The smallest absolute Gasteiger partial charge is 0.239 e. The summed E-state index contributed by atoms with van der Waals surface area (Å²) in [6.45, 7) is 12.5. The summed E-state index contributed by atoms with van der Waals surface area (Å²) in [6.07, 6.45) is 5.41. The highest BCUT2D eigenvalue weighted by Gasteiger charge is 2.28. The third-order valence-corrected chi connectivity index (χ3v) is 8.17. The SMILES string of the molecule is CCCN(CCCCN1CCN(C(=O)C(N)C(C)C)CCC1=O)C(C)Cc1ccc(S(C)(=O)=O)cc1. The lowest BCUT2D eigenvalue weighted by Gasteiger charge is -2.29. The number of sulfone groups is 1. The molecule has 2 amide bonds. The van der Waals surface area contributed by atoms with Crippen LogP contribution in [-0.2, 0) is 25.8 Å². The first-order valence-electron chi connectivity index (χ1n) is 13.3. The molecule has 0 spiro atoms. The summed E-state index contributed by atoms with van der Waals surface area (Å²) in [5.74, 6) is 0.127. The highest BCUT2D eigenvalue weighted by Crippen LogP contribution is 2.15. The molecule has 0 aromatic heterocycles. The first-order chi connectivity index (χ1) is 16.9. The summed E-state index contributed by atoms with van der Waals surface area (Å²) in [5, 5.41) is 0. The van der Waals surface area contributed by atoms with Crippen molar-refractivity contribution in [3.8, 4) is 0 Å². The van der Waals surface area contributed by atoms with Crippen LogP contribution in [-0.4, -0.2) is 92.5 Å². The van der Waals surface area contributed by atoms with Crippen molar-refractivity contribution < 1.29 is 18.0 Å². The van der Waals surface area contributed by atoms with Crippen molar-refractivity contribution in [2.24, 2.45) is 11.7 Å². The largest absolute Gasteiger partial charge is 0.341 e. The summed E-state index contributed by atoms with van der Waals surface area (Å²) < 4.78 is 23.4. The minimum Gasteiger partial charge on any atom is -0.341 e. The van der Waals surface area contributed by atoms with Crippen molar-refractivity contribution in [2.75, 3.05) is 45.5 Å². The van der Waals surface area contributed by atoms with Crippen LogP contribution in [0.4, 0.5) is 0 Å². The molecule has 0 saturated carbocycles. The van der Waals surface area contributed by atoms with E-state index in [0.717, 1.165) is 44.3 Å². The predicted octanol–water partition coefficient (Wildman–Crippen LogP) is 2.56. The van der Waals surface area contributed by atoms with Gasteiger partial charge in [-0.3, -0.25) is 9.59 Å². The number of carbonyl (C=O) groups excluding carboxylic acids is 2. The minimum atomic E-state index is -3.18. The number of hydrogen-bond donors (Lipinski definition) is 1. The third-order valence-electron chi connectivity index (χ3n) is 7.04. The van der Waals surface area contributed by atoms with E-state index >= 15 is 0 Å². The van der Waals surface area contributed by atoms with Gasteiger partial charge in [-0.05, 0) is 69.3 Å². The fourth-order valence-electron chi connectivity index (χ4n) is 4.62. The van der Waals surface area contributed by atoms with Crippen LogP contribution in [0.1, 0.15) is 58.9 Å². The van der Waals surface area contributed by atoms with E-state index in [4.69, 9.17) is 5.73 Å². The van der Waals surface area contributed by atoms with Gasteiger partial charge in [-0.2, -0.15) is 0 Å². The van der Waals surface area contributed by atoms with Gasteiger partial charge in [0.15, 0.2) is 9.84 Å². The van der Waals surface area contributed by atoms with E-state index in [1.165, 1.54) is 6.26 Å². The number of benzene rings is 1. The average molecular weight is 523 g/mol. The molecule has 2 unspecified atom stereocenters. The van der Waals surface area contributed by atoms with Crippen LogP contribution in [0.5, 0.6) is 0 Å². The van der Waals surface area contributed by atoms with Gasteiger partial charge in [-0.25, -0.2) is 8.42 Å². The van der Waals surface area contributed by atoms with Crippen molar-refractivity contribution in [2.45, 2.75) is 76.8 Å². The van der Waals surface area contributed by atoms with Crippen molar-refractivity contribution in [3.05, 3.63) is 29.8 Å². The second-order valence-corrected chi connectivity index (χ2v) is 12.5. The first kappa shape index (κ1) is 30.3. The molecule has 1 aromatic rings. The van der Waals surface area contributed by atoms with E-state index in [1.54, 1.807) is 17.0 Å². The Morgan fingerprint density at radius 2 is 1.72 bits per heavy atom. The maximum absolute atomic E-state index is 12.6. The lowest BCUT2D eigenvalue weighted by atomic mass is 10.0. The zero-order valence-electron chi connectivity index (χ0n) is 22.8. The fraction of sp³-hybridized carbons (Fsp3) is 0.704. The average Bonchev–Trinajstić information content (AvgIpc) is 3.01. The highest BCUT2D eigenvalue weighted by molar-refractivity contribution is 7.90. The quantitative estimate of drug-likeness (QED) is 0.399. The zero-order valence-corrected chi connectivity index (χ0v) is 23.6. The zero-order chi connectivity index (χ0) is 26.9. The maximum atomic E-state index is 12.6. The van der Waals surface area contributed by atoms with E-state index in [1.807, 2.05) is 30.9 Å². The molecule has 1 aliphatic heterocycles. The summed E-state index contributed by atoms with van der Waals surface area (Å²) in [7, 11) is -3.18. The first-order valence-corrected chi connectivity index (χ1v) is 15.2. The molecule has 36 heavy (non-hydrogen) atoms. The van der Waals surface area contributed by atoms with Crippen LogP contribution in [0.2, 0.25) is 0 Å². The predicted molar refractivity (Wildman–Crippen MR) is 144 cm³/mol. The summed E-state index contributed by atoms with van der Waals surface area (Å²) in [6, 6.07) is 7.00. The van der Waals surface area contributed by atoms with Crippen LogP contribution < -0.4 is 5.73 Å². The number of amides is 2. The van der Waals surface area contributed by atoms with Gasteiger partial charge in [0.2, 0.25) is 11.8 Å². The Morgan fingerprint density at radius 3 is 2.31 bits per heavy atom. The van der Waals surface area contributed by atoms with Crippen LogP contribution in [0.3, 0.4) is 0 Å². The molecule has 2 N–H and O–H groups in total. The molecule has 1 heterocycles. The number of nitrogens with two attached hydrogens (primary N) is 1. The van der Waals surface area contributed by atoms with Gasteiger partial charge >= 0.3 is 0 Å². The van der Waals surface area contributed by atoms with Crippen molar-refractivity contribution in [1.29, 1.82) is 0 Å². The van der Waals surface area contributed by atoms with Crippen LogP contribution >= 0.6 is 0 Å². The second kappa shape index (κ2) is 14.1. The molecule has 2 atom stereocenters. The molecular formula is C27H46N4O4S. The number of nitrogens with zero attached hydrogens (tertiary/aromatic N) is 3. The Balaban J connectivity index is 1.83. The molecule has 9 heteroatoms. The van der Waals surface area contributed by atoms with E-state index < -0.39 is 15.9 Å². The number of carbonyl (C=O) groups is 2. The molecule has 1 saturated heterocycles. The van der Waals surface area contributed by atoms with Gasteiger partial charge in [0.05, 0.1) is 10.9 Å². The lowest BCUT2D eigenvalue weighted by Crippen LogP contribution is -2.47. The Morgan fingerprint density at radius 1 is 1.06 bits per heavy atom.